The van der Waals surface area contributed by atoms with Crippen molar-refractivity contribution in [3.8, 4) is 0 Å². The van der Waals surface area contributed by atoms with Crippen LogP contribution in [0.15, 0.2) is 113 Å². The van der Waals surface area contributed by atoms with Gasteiger partial charge in [-0.2, -0.15) is 4.31 Å². The Morgan fingerprint density at radius 3 is 1.92 bits per heavy atom. The maximum Gasteiger partial charge on any atom is 0.289 e. The zero-order valence-corrected chi connectivity index (χ0v) is 35.2. The number of sulfonamides is 2. The van der Waals surface area contributed by atoms with Crippen LogP contribution >= 0.6 is 0 Å². The van der Waals surface area contributed by atoms with Crippen molar-refractivity contribution in [1.82, 2.24) is 19.1 Å². The first kappa shape index (κ1) is 42.6. The molecule has 2 fully saturated rings. The maximum absolute atomic E-state index is 14.7. The second kappa shape index (κ2) is 18.0. The van der Waals surface area contributed by atoms with Crippen LogP contribution in [0, 0.1) is 27.2 Å². The molecular formula is C42H48N8O8S2. The van der Waals surface area contributed by atoms with Crippen LogP contribution in [0.3, 0.4) is 0 Å². The zero-order chi connectivity index (χ0) is 42.6. The van der Waals surface area contributed by atoms with Crippen LogP contribution in [-0.2, 0) is 26.6 Å². The monoisotopic (exact) mass is 856 g/mol. The van der Waals surface area contributed by atoms with Gasteiger partial charge in [0.1, 0.15) is 5.82 Å². The molecule has 3 heterocycles. The van der Waals surface area contributed by atoms with Crippen molar-refractivity contribution in [3.63, 3.8) is 0 Å². The van der Waals surface area contributed by atoms with Crippen molar-refractivity contribution in [3.05, 3.63) is 134 Å². The molecule has 0 N–H and O–H groups in total. The predicted octanol–water partition coefficient (Wildman–Crippen LogP) is 6.05. The van der Waals surface area contributed by atoms with Gasteiger partial charge in [0.2, 0.25) is 10.0 Å². The summed E-state index contributed by atoms with van der Waals surface area (Å²) in [5.41, 5.74) is 1.70. The van der Waals surface area contributed by atoms with Gasteiger partial charge in [-0.1, -0.05) is 54.6 Å². The first-order valence-electron chi connectivity index (χ1n) is 19.9. The molecule has 7 rings (SSSR count). The number of aryl methyl sites for hydroxylation is 1. The lowest BCUT2D eigenvalue weighted by molar-refractivity contribution is -0.388. The molecule has 18 heteroatoms. The molecule has 2 aliphatic heterocycles. The van der Waals surface area contributed by atoms with Gasteiger partial charge in [-0.05, 0) is 80.8 Å². The quantitative estimate of drug-likeness (QED) is 0.0879. The third-order valence-corrected chi connectivity index (χ3v) is 15.2. The van der Waals surface area contributed by atoms with E-state index in [4.69, 9.17) is 4.98 Å². The van der Waals surface area contributed by atoms with Gasteiger partial charge in [-0.25, -0.2) is 21.8 Å². The summed E-state index contributed by atoms with van der Waals surface area (Å²) in [7, 11) is -7.01. The lowest BCUT2D eigenvalue weighted by atomic mass is 10.0. The molecule has 1 aromatic heterocycles. The highest BCUT2D eigenvalue weighted by Crippen LogP contribution is 2.35. The minimum Gasteiger partial charge on any atom is -0.354 e. The number of benzene rings is 4. The molecule has 60 heavy (non-hydrogen) atoms. The highest BCUT2D eigenvalue weighted by molar-refractivity contribution is 7.93. The van der Waals surface area contributed by atoms with Crippen LogP contribution in [0.5, 0.6) is 0 Å². The molecular weight excluding hydrogens is 809 g/mol. The molecule has 2 aliphatic rings. The Hall–Kier alpha value is -5.53. The van der Waals surface area contributed by atoms with E-state index in [1.165, 1.54) is 40.7 Å². The normalized spacial score (nSPS) is 16.0. The Balaban J connectivity index is 1.22. The van der Waals surface area contributed by atoms with Gasteiger partial charge in [0.05, 0.1) is 21.1 Å². The van der Waals surface area contributed by atoms with Gasteiger partial charge < -0.3 is 9.80 Å². The lowest BCUT2D eigenvalue weighted by Gasteiger charge is -2.38. The van der Waals surface area contributed by atoms with Crippen LogP contribution in [0.1, 0.15) is 30.4 Å². The maximum atomic E-state index is 14.7. The summed E-state index contributed by atoms with van der Waals surface area (Å²) >= 11 is 0. The number of hydrogen-bond acceptors (Lipinski definition) is 12. The van der Waals surface area contributed by atoms with Gasteiger partial charge in [-0.15, -0.1) is 0 Å². The molecule has 0 radical (unpaired) electrons. The number of piperazine rings is 1. The third kappa shape index (κ3) is 9.12. The molecule has 0 bridgehead atoms. The van der Waals surface area contributed by atoms with Crippen LogP contribution in [-0.4, -0.2) is 111 Å². The number of piperidine rings is 1. The zero-order valence-electron chi connectivity index (χ0n) is 33.5. The van der Waals surface area contributed by atoms with E-state index in [1.807, 2.05) is 43.3 Å². The number of likely N-dealkylation sites (tertiary alicyclic amines) is 1. The van der Waals surface area contributed by atoms with E-state index in [9.17, 15) is 37.1 Å². The summed E-state index contributed by atoms with van der Waals surface area (Å²) in [6, 6.07) is 26.7. The minimum absolute atomic E-state index is 0.0401. The highest BCUT2D eigenvalue weighted by Gasteiger charge is 2.38. The van der Waals surface area contributed by atoms with E-state index >= 15 is 0 Å². The second-order valence-corrected chi connectivity index (χ2v) is 19.0. The Morgan fingerprint density at radius 1 is 0.717 bits per heavy atom. The standard InChI is InChI=1S/C42H48N8O8S2/c1-32-29-42(46-27-25-44(2)26-28-46)43-37-18-17-35(30-36(32)37)48(60(57,58)41-16-9-7-14-39(41)50(53)54)22-10-21-47(59(55,56)40-15-8-6-13-38(40)49(51)52)34-19-23-45(24-20-34)31-33-11-4-3-5-12-33/h3-9,11-18,29-30,34H,10,19-28,31H2,1-2H3. The van der Waals surface area contributed by atoms with Crippen molar-refractivity contribution in [2.24, 2.45) is 0 Å². The summed E-state index contributed by atoms with van der Waals surface area (Å²) in [5, 5.41) is 24.9. The number of nitrogens with zero attached hydrogens (tertiary/aromatic N) is 8. The molecule has 0 atom stereocenters. The van der Waals surface area contributed by atoms with Gasteiger partial charge >= 0.3 is 0 Å². The average Bonchev–Trinajstić information content (AvgIpc) is 3.24. The smallest absolute Gasteiger partial charge is 0.289 e. The summed E-state index contributed by atoms with van der Waals surface area (Å²) in [6.07, 6.45) is 0.845. The van der Waals surface area contributed by atoms with E-state index < -0.39 is 57.1 Å². The Bertz CT molecular complexity index is 2580. The fourth-order valence-corrected chi connectivity index (χ4v) is 11.6. The van der Waals surface area contributed by atoms with E-state index in [0.717, 1.165) is 59.6 Å². The fourth-order valence-electron chi connectivity index (χ4n) is 8.08. The number of pyridine rings is 1. The number of fused-ring (bicyclic) bond motifs is 1. The minimum atomic E-state index is -4.61. The van der Waals surface area contributed by atoms with Crippen molar-refractivity contribution < 1.29 is 26.7 Å². The largest absolute Gasteiger partial charge is 0.354 e. The van der Waals surface area contributed by atoms with E-state index in [1.54, 1.807) is 18.2 Å². The number of para-hydroxylation sites is 2. The topological polar surface area (TPSA) is 184 Å². The average molecular weight is 857 g/mol. The van der Waals surface area contributed by atoms with E-state index in [2.05, 4.69) is 21.7 Å². The first-order valence-corrected chi connectivity index (χ1v) is 22.7. The van der Waals surface area contributed by atoms with Crippen LogP contribution in [0.4, 0.5) is 22.9 Å². The first-order chi connectivity index (χ1) is 28.7. The number of anilines is 2. The molecule has 316 valence electrons. The summed E-state index contributed by atoms with van der Waals surface area (Å²) in [6.45, 7) is 6.71. The molecule has 0 unspecified atom stereocenters. The van der Waals surface area contributed by atoms with E-state index in [-0.39, 0.29) is 25.2 Å². The van der Waals surface area contributed by atoms with E-state index in [0.29, 0.717) is 43.4 Å². The Labute approximate surface area is 350 Å². The van der Waals surface area contributed by atoms with Crippen molar-refractivity contribution in [1.29, 1.82) is 0 Å². The number of nitro benzene ring substituents is 2. The lowest BCUT2D eigenvalue weighted by Crippen LogP contribution is -2.48. The van der Waals surface area contributed by atoms with Gasteiger partial charge in [0.25, 0.3) is 21.4 Å². The SMILES string of the molecule is Cc1cc(N2CCN(C)CC2)nc2ccc(N(CCCN(C3CCN(Cc4ccccc4)CC3)S(=O)(=O)c3ccccc3[N+](=O)[O-])S(=O)(=O)c3ccccc3[N+](=O)[O-])cc12. The highest BCUT2D eigenvalue weighted by atomic mass is 32.2. The van der Waals surface area contributed by atoms with Gasteiger partial charge in [0.15, 0.2) is 9.79 Å². The number of likely N-dealkylation sites (N-methyl/N-ethyl adjacent to an activating group) is 1. The second-order valence-electron chi connectivity index (χ2n) is 15.3. The van der Waals surface area contributed by atoms with Crippen LogP contribution < -0.4 is 9.21 Å². The molecule has 5 aromatic rings. The summed E-state index contributed by atoms with van der Waals surface area (Å²) < 4.78 is 60.7. The third-order valence-electron chi connectivity index (χ3n) is 11.3. The molecule has 4 aromatic carbocycles. The summed E-state index contributed by atoms with van der Waals surface area (Å²) in [5.74, 6) is 0.816. The molecule has 0 spiro atoms. The predicted molar refractivity (Wildman–Crippen MR) is 230 cm³/mol. The fraction of sp³-hybridized carbons (Fsp3) is 0.357. The van der Waals surface area contributed by atoms with Gasteiger partial charge in [0, 0.05) is 82.5 Å². The van der Waals surface area contributed by atoms with Crippen LogP contribution in [0.2, 0.25) is 0 Å². The van der Waals surface area contributed by atoms with Crippen molar-refractivity contribution in [2.75, 3.05) is 68.6 Å². The molecule has 0 aliphatic carbocycles. The Kier molecular flexibility index (Phi) is 12.8. The summed E-state index contributed by atoms with van der Waals surface area (Å²) in [4.78, 5) is 33.4. The number of hydrogen-bond donors (Lipinski definition) is 0. The molecule has 0 saturated carbocycles. The van der Waals surface area contributed by atoms with Crippen LogP contribution in [0.25, 0.3) is 10.9 Å². The molecule has 0 amide bonds. The van der Waals surface area contributed by atoms with Crippen molar-refractivity contribution in [2.45, 2.75) is 48.6 Å². The molecule has 16 nitrogen and oxygen atoms in total. The Morgan fingerprint density at radius 2 is 1.30 bits per heavy atom. The number of rotatable bonds is 15. The number of nitro groups is 2. The number of aromatic nitrogens is 1. The molecule has 2 saturated heterocycles. The van der Waals surface area contributed by atoms with Crippen molar-refractivity contribution >= 4 is 53.8 Å². The van der Waals surface area contributed by atoms with Gasteiger partial charge in [-0.3, -0.25) is 29.4 Å².